The first-order valence-corrected chi connectivity index (χ1v) is 11.7. The number of hydrogen-bond donors (Lipinski definition) is 0. The van der Waals surface area contributed by atoms with E-state index in [-0.39, 0.29) is 17.8 Å². The lowest BCUT2D eigenvalue weighted by Crippen LogP contribution is -2.33. The van der Waals surface area contributed by atoms with Crippen LogP contribution in [-0.2, 0) is 19.4 Å². The van der Waals surface area contributed by atoms with Gasteiger partial charge in [0.15, 0.2) is 0 Å². The van der Waals surface area contributed by atoms with Gasteiger partial charge in [-0.25, -0.2) is 4.39 Å². The quantitative estimate of drug-likeness (QED) is 0.564. The summed E-state index contributed by atoms with van der Waals surface area (Å²) in [7, 11) is 0. The summed E-state index contributed by atoms with van der Waals surface area (Å²) in [6, 6.07) is 10.6. The van der Waals surface area contributed by atoms with Gasteiger partial charge in [-0.15, -0.1) is 0 Å². The van der Waals surface area contributed by atoms with E-state index in [1.165, 1.54) is 12.1 Å². The summed E-state index contributed by atoms with van der Waals surface area (Å²) >= 11 is 0. The molecular formula is C26H29FN4O. The van der Waals surface area contributed by atoms with Crippen LogP contribution >= 0.6 is 0 Å². The third-order valence-electron chi connectivity index (χ3n) is 6.73. The van der Waals surface area contributed by atoms with Crippen LogP contribution in [0.1, 0.15) is 71.8 Å². The van der Waals surface area contributed by atoms with E-state index in [1.807, 2.05) is 29.5 Å². The number of fused-ring (bicyclic) bond motifs is 1. The van der Waals surface area contributed by atoms with E-state index in [9.17, 15) is 9.18 Å². The fraction of sp³-hybridized carbons (Fsp3) is 0.423. The molecule has 32 heavy (non-hydrogen) atoms. The Labute approximate surface area is 188 Å². The molecule has 1 aliphatic carbocycles. The first kappa shape index (κ1) is 20.9. The number of likely N-dealkylation sites (tertiary alicyclic amines) is 1. The maximum Gasteiger partial charge on any atom is 0.272 e. The molecule has 0 bridgehead atoms. The molecular weight excluding hydrogens is 403 g/mol. The van der Waals surface area contributed by atoms with E-state index >= 15 is 0 Å². The second-order valence-electron chi connectivity index (χ2n) is 8.88. The number of rotatable bonds is 4. The third-order valence-corrected chi connectivity index (χ3v) is 6.73. The van der Waals surface area contributed by atoms with Crippen LogP contribution in [0.4, 0.5) is 4.39 Å². The highest BCUT2D eigenvalue weighted by Crippen LogP contribution is 2.36. The molecule has 0 saturated carbocycles. The minimum Gasteiger partial charge on any atom is -0.329 e. The highest BCUT2D eigenvalue weighted by atomic mass is 19.1. The van der Waals surface area contributed by atoms with Crippen LogP contribution in [0.2, 0.25) is 0 Å². The Hall–Kier alpha value is -3.02. The Kier molecular flexibility index (Phi) is 5.53. The number of halogens is 1. The molecule has 0 radical (unpaired) electrons. The summed E-state index contributed by atoms with van der Waals surface area (Å²) in [4.78, 5) is 20.6. The van der Waals surface area contributed by atoms with Crippen LogP contribution in [0, 0.1) is 12.7 Å². The average Bonchev–Trinajstić information content (AvgIpc) is 3.43. The molecule has 0 spiro atoms. The lowest BCUT2D eigenvalue weighted by atomic mass is 9.95. The molecule has 1 fully saturated rings. The van der Waals surface area contributed by atoms with Crippen LogP contribution in [0.15, 0.2) is 36.4 Å². The molecule has 2 aromatic heterocycles. The van der Waals surface area contributed by atoms with Crippen molar-refractivity contribution < 1.29 is 9.18 Å². The van der Waals surface area contributed by atoms with E-state index in [0.717, 1.165) is 84.5 Å². The van der Waals surface area contributed by atoms with Gasteiger partial charge in [-0.1, -0.05) is 12.1 Å². The number of carbonyl (C=O) groups excluding carboxylic acids is 1. The van der Waals surface area contributed by atoms with Crippen LogP contribution in [0.3, 0.4) is 0 Å². The Morgan fingerprint density at radius 3 is 2.66 bits per heavy atom. The third kappa shape index (κ3) is 3.72. The van der Waals surface area contributed by atoms with Crippen molar-refractivity contribution in [2.45, 2.75) is 65.0 Å². The van der Waals surface area contributed by atoms with E-state index in [4.69, 9.17) is 10.1 Å². The first-order valence-electron chi connectivity index (χ1n) is 11.7. The van der Waals surface area contributed by atoms with Crippen molar-refractivity contribution in [2.24, 2.45) is 0 Å². The maximum absolute atomic E-state index is 13.8. The second kappa shape index (κ2) is 8.49. The normalized spacial score (nSPS) is 18.1. The summed E-state index contributed by atoms with van der Waals surface area (Å²) in [5.41, 5.74) is 6.79. The summed E-state index contributed by atoms with van der Waals surface area (Å²) in [5.74, 6) is -0.167. The Morgan fingerprint density at radius 2 is 1.88 bits per heavy atom. The predicted molar refractivity (Wildman–Crippen MR) is 122 cm³/mol. The average molecular weight is 433 g/mol. The maximum atomic E-state index is 13.8. The molecule has 5 rings (SSSR count). The van der Waals surface area contributed by atoms with Crippen molar-refractivity contribution in [1.29, 1.82) is 0 Å². The largest absolute Gasteiger partial charge is 0.329 e. The van der Waals surface area contributed by atoms with E-state index < -0.39 is 0 Å². The van der Waals surface area contributed by atoms with E-state index in [0.29, 0.717) is 6.54 Å². The zero-order valence-electron chi connectivity index (χ0n) is 18.8. The summed E-state index contributed by atoms with van der Waals surface area (Å²) in [6.07, 6.45) is 6.02. The number of amides is 1. The summed E-state index contributed by atoms with van der Waals surface area (Å²) in [5, 5.41) is 4.76. The number of carbonyl (C=O) groups is 1. The van der Waals surface area contributed by atoms with Crippen molar-refractivity contribution >= 4 is 5.91 Å². The molecule has 166 valence electrons. The molecule has 1 aromatic carbocycles. The molecule has 2 aliphatic rings. The molecule has 5 nitrogen and oxygen atoms in total. The molecule has 0 N–H and O–H groups in total. The molecule has 1 aliphatic heterocycles. The van der Waals surface area contributed by atoms with Crippen molar-refractivity contribution in [2.75, 3.05) is 6.54 Å². The van der Waals surface area contributed by atoms with Crippen molar-refractivity contribution in [1.82, 2.24) is 19.7 Å². The Bertz CT molecular complexity index is 1150. The van der Waals surface area contributed by atoms with Crippen molar-refractivity contribution in [3.63, 3.8) is 0 Å². The molecule has 1 amide bonds. The van der Waals surface area contributed by atoms with Gasteiger partial charge in [0.05, 0.1) is 17.4 Å². The van der Waals surface area contributed by atoms with Gasteiger partial charge in [-0.2, -0.15) is 5.10 Å². The van der Waals surface area contributed by atoms with Crippen LogP contribution < -0.4 is 0 Å². The van der Waals surface area contributed by atoms with Gasteiger partial charge in [0.25, 0.3) is 5.91 Å². The molecule has 6 heteroatoms. The van der Waals surface area contributed by atoms with Crippen molar-refractivity contribution in [3.05, 3.63) is 70.6 Å². The molecule has 1 saturated heterocycles. The Morgan fingerprint density at radius 1 is 1.09 bits per heavy atom. The van der Waals surface area contributed by atoms with Gasteiger partial charge in [0.1, 0.15) is 11.5 Å². The summed E-state index contributed by atoms with van der Waals surface area (Å²) < 4.78 is 15.3. The lowest BCUT2D eigenvalue weighted by Gasteiger charge is -2.26. The Balaban J connectivity index is 1.50. The molecule has 3 heterocycles. The SMILES string of the molecule is CCn1nc2c(c1C(=O)N1CCC[C@H]1c1cc(-c3ccc(F)cc3)cc(C)n1)CCCC2. The van der Waals surface area contributed by atoms with Crippen molar-refractivity contribution in [3.8, 4) is 11.1 Å². The highest BCUT2D eigenvalue weighted by Gasteiger charge is 2.35. The van der Waals surface area contributed by atoms with Gasteiger partial charge in [-0.3, -0.25) is 14.5 Å². The van der Waals surface area contributed by atoms with Gasteiger partial charge in [0, 0.05) is 24.3 Å². The smallest absolute Gasteiger partial charge is 0.272 e. The number of nitrogens with zero attached hydrogens (tertiary/aromatic N) is 4. The predicted octanol–water partition coefficient (Wildman–Crippen LogP) is 5.27. The molecule has 3 aromatic rings. The number of hydrogen-bond acceptors (Lipinski definition) is 3. The van der Waals surface area contributed by atoms with Gasteiger partial charge in [0.2, 0.25) is 0 Å². The minimum absolute atomic E-state index is 0.0546. The lowest BCUT2D eigenvalue weighted by molar-refractivity contribution is 0.0719. The molecule has 0 unspecified atom stereocenters. The number of pyridine rings is 1. The van der Waals surface area contributed by atoms with Crippen LogP contribution in [0.5, 0.6) is 0 Å². The fourth-order valence-corrected chi connectivity index (χ4v) is 5.20. The van der Waals surface area contributed by atoms with E-state index in [1.54, 1.807) is 12.1 Å². The standard InChI is InChI=1S/C26H29FN4O/c1-3-31-25(21-7-4-5-8-22(21)29-31)26(32)30-14-6-9-24(30)23-16-19(15-17(2)28-23)18-10-12-20(27)13-11-18/h10-13,15-16,24H,3-9,14H2,1-2H3/t24-/m0/s1. The number of aromatic nitrogens is 3. The van der Waals surface area contributed by atoms with Crippen LogP contribution in [0.25, 0.3) is 11.1 Å². The van der Waals surface area contributed by atoms with Crippen LogP contribution in [-0.4, -0.2) is 32.1 Å². The number of aryl methyl sites for hydroxylation is 3. The fourth-order valence-electron chi connectivity index (χ4n) is 5.20. The van der Waals surface area contributed by atoms with Gasteiger partial charge in [-0.05, 0) is 87.8 Å². The van der Waals surface area contributed by atoms with Gasteiger partial charge >= 0.3 is 0 Å². The zero-order valence-corrected chi connectivity index (χ0v) is 18.8. The van der Waals surface area contributed by atoms with Gasteiger partial charge < -0.3 is 4.90 Å². The minimum atomic E-state index is -0.247. The molecule has 1 atom stereocenters. The first-order chi connectivity index (χ1) is 15.5. The summed E-state index contributed by atoms with van der Waals surface area (Å²) in [6.45, 7) is 5.45. The highest BCUT2D eigenvalue weighted by molar-refractivity contribution is 5.95. The topological polar surface area (TPSA) is 51.0 Å². The van der Waals surface area contributed by atoms with E-state index in [2.05, 4.69) is 6.07 Å². The zero-order chi connectivity index (χ0) is 22.2. The number of benzene rings is 1. The second-order valence-corrected chi connectivity index (χ2v) is 8.88. The monoisotopic (exact) mass is 432 g/mol.